The van der Waals surface area contributed by atoms with Crippen LogP contribution in [0.2, 0.25) is 5.02 Å². The molecular weight excluding hydrogens is 292 g/mol. The van der Waals surface area contributed by atoms with Crippen LogP contribution >= 0.6 is 11.6 Å². The number of halogens is 1. The molecule has 5 nitrogen and oxygen atoms in total. The molecule has 0 bridgehead atoms. The molecule has 1 amide bonds. The third-order valence-corrected chi connectivity index (χ3v) is 3.99. The molecule has 1 fully saturated rings. The van der Waals surface area contributed by atoms with Crippen LogP contribution in [0.5, 0.6) is 5.75 Å². The van der Waals surface area contributed by atoms with Crippen molar-refractivity contribution in [1.82, 2.24) is 10.2 Å². The Hall–Kier alpha value is -1.30. The summed E-state index contributed by atoms with van der Waals surface area (Å²) in [6.45, 7) is 7.78. The standard InChI is InChI=1S/C15H21ClN2O3/c1-15(2,18-5-7-21-8-6-18)10-17-14(20)12-9-11(16)3-4-13(12)19/h3-4,9,19H,5-8,10H2,1-2H3,(H,17,20). The van der Waals surface area contributed by atoms with Gasteiger partial charge in [-0.3, -0.25) is 9.69 Å². The Labute approximate surface area is 129 Å². The predicted molar refractivity (Wildman–Crippen MR) is 81.9 cm³/mol. The Balaban J connectivity index is 1.98. The summed E-state index contributed by atoms with van der Waals surface area (Å²) in [5.74, 6) is -0.391. The Bertz CT molecular complexity index is 514. The first-order valence-corrected chi connectivity index (χ1v) is 7.37. The summed E-state index contributed by atoms with van der Waals surface area (Å²) in [7, 11) is 0. The van der Waals surface area contributed by atoms with Crippen molar-refractivity contribution in [3.63, 3.8) is 0 Å². The van der Waals surface area contributed by atoms with E-state index in [2.05, 4.69) is 24.1 Å². The van der Waals surface area contributed by atoms with Crippen molar-refractivity contribution < 1.29 is 14.6 Å². The maximum atomic E-state index is 12.2. The average Bonchev–Trinajstić information content (AvgIpc) is 2.48. The fraction of sp³-hybridized carbons (Fsp3) is 0.533. The van der Waals surface area contributed by atoms with Crippen LogP contribution < -0.4 is 5.32 Å². The van der Waals surface area contributed by atoms with Crippen LogP contribution in [0.3, 0.4) is 0 Å². The van der Waals surface area contributed by atoms with Gasteiger partial charge in [0, 0.05) is 30.2 Å². The first-order chi connectivity index (χ1) is 9.90. The van der Waals surface area contributed by atoms with Crippen molar-refractivity contribution in [1.29, 1.82) is 0 Å². The highest BCUT2D eigenvalue weighted by Gasteiger charge is 2.28. The van der Waals surface area contributed by atoms with E-state index in [-0.39, 0.29) is 22.8 Å². The van der Waals surface area contributed by atoms with Crippen molar-refractivity contribution in [3.8, 4) is 5.75 Å². The maximum absolute atomic E-state index is 12.2. The molecule has 1 aliphatic heterocycles. The Morgan fingerprint density at radius 3 is 2.76 bits per heavy atom. The molecule has 0 atom stereocenters. The molecule has 1 aromatic rings. The zero-order valence-electron chi connectivity index (χ0n) is 12.4. The van der Waals surface area contributed by atoms with Crippen molar-refractivity contribution >= 4 is 17.5 Å². The van der Waals surface area contributed by atoms with E-state index in [9.17, 15) is 9.90 Å². The number of phenols is 1. The molecule has 2 rings (SSSR count). The van der Waals surface area contributed by atoms with Crippen molar-refractivity contribution in [2.24, 2.45) is 0 Å². The number of carbonyl (C=O) groups is 1. The van der Waals surface area contributed by atoms with Gasteiger partial charge < -0.3 is 15.2 Å². The Kier molecular flexibility index (Phi) is 5.08. The molecule has 1 aliphatic rings. The summed E-state index contributed by atoms with van der Waals surface area (Å²) in [5.41, 5.74) is 0.0217. The van der Waals surface area contributed by atoms with E-state index < -0.39 is 0 Å². The lowest BCUT2D eigenvalue weighted by Gasteiger charge is -2.40. The molecule has 0 aliphatic carbocycles. The van der Waals surface area contributed by atoms with Gasteiger partial charge in [-0.1, -0.05) is 11.6 Å². The smallest absolute Gasteiger partial charge is 0.255 e. The van der Waals surface area contributed by atoms with Gasteiger partial charge in [0.1, 0.15) is 5.75 Å². The lowest BCUT2D eigenvalue weighted by atomic mass is 10.0. The molecule has 2 N–H and O–H groups in total. The van der Waals surface area contributed by atoms with Gasteiger partial charge in [-0.15, -0.1) is 0 Å². The summed E-state index contributed by atoms with van der Waals surface area (Å²) in [4.78, 5) is 14.5. The van der Waals surface area contributed by atoms with Crippen LogP contribution in [0.4, 0.5) is 0 Å². The number of nitrogens with one attached hydrogen (secondary N) is 1. The molecule has 0 saturated carbocycles. The summed E-state index contributed by atoms with van der Waals surface area (Å²) in [5, 5.41) is 13.0. The molecule has 1 heterocycles. The molecule has 0 unspecified atom stereocenters. The second-order valence-electron chi connectivity index (χ2n) is 5.76. The molecule has 116 valence electrons. The van der Waals surface area contributed by atoms with Gasteiger partial charge in [0.15, 0.2) is 0 Å². The highest BCUT2D eigenvalue weighted by atomic mass is 35.5. The van der Waals surface area contributed by atoms with Crippen LogP contribution in [0.25, 0.3) is 0 Å². The number of benzene rings is 1. The minimum atomic E-state index is -0.323. The van der Waals surface area contributed by atoms with Crippen LogP contribution in [0, 0.1) is 0 Å². The number of hydrogen-bond donors (Lipinski definition) is 2. The minimum Gasteiger partial charge on any atom is -0.507 e. The molecule has 6 heteroatoms. The first-order valence-electron chi connectivity index (χ1n) is 7.00. The summed E-state index contributed by atoms with van der Waals surface area (Å²) < 4.78 is 5.34. The molecule has 21 heavy (non-hydrogen) atoms. The maximum Gasteiger partial charge on any atom is 0.255 e. The molecule has 1 aromatic carbocycles. The molecule has 0 radical (unpaired) electrons. The van der Waals surface area contributed by atoms with E-state index >= 15 is 0 Å². The number of hydrogen-bond acceptors (Lipinski definition) is 4. The number of morpholine rings is 1. The van der Waals surface area contributed by atoms with Gasteiger partial charge in [0.05, 0.1) is 18.8 Å². The Morgan fingerprint density at radius 1 is 1.43 bits per heavy atom. The van der Waals surface area contributed by atoms with Crippen molar-refractivity contribution in [3.05, 3.63) is 28.8 Å². The number of carbonyl (C=O) groups excluding carboxylic acids is 1. The van der Waals surface area contributed by atoms with E-state index in [1.165, 1.54) is 12.1 Å². The molecule has 0 spiro atoms. The van der Waals surface area contributed by atoms with Crippen LogP contribution in [0.1, 0.15) is 24.2 Å². The van der Waals surface area contributed by atoms with Gasteiger partial charge in [0.25, 0.3) is 5.91 Å². The van der Waals surface area contributed by atoms with Crippen molar-refractivity contribution in [2.45, 2.75) is 19.4 Å². The molecule has 0 aromatic heterocycles. The van der Waals surface area contributed by atoms with Gasteiger partial charge in [-0.25, -0.2) is 0 Å². The van der Waals surface area contributed by atoms with Gasteiger partial charge in [-0.05, 0) is 32.0 Å². The second kappa shape index (κ2) is 6.64. The first kappa shape index (κ1) is 16.1. The lowest BCUT2D eigenvalue weighted by molar-refractivity contribution is -0.00923. The number of aromatic hydroxyl groups is 1. The minimum absolute atomic E-state index is 0.0684. The van der Waals surface area contributed by atoms with E-state index in [0.29, 0.717) is 24.8 Å². The number of nitrogens with zero attached hydrogens (tertiary/aromatic N) is 1. The van der Waals surface area contributed by atoms with E-state index in [4.69, 9.17) is 16.3 Å². The van der Waals surface area contributed by atoms with Gasteiger partial charge in [-0.2, -0.15) is 0 Å². The summed E-state index contributed by atoms with van der Waals surface area (Å²) >= 11 is 5.86. The average molecular weight is 313 g/mol. The number of phenolic OH excluding ortho intramolecular Hbond substituents is 1. The number of amides is 1. The monoisotopic (exact) mass is 312 g/mol. The lowest BCUT2D eigenvalue weighted by Crippen LogP contribution is -2.55. The fourth-order valence-electron chi connectivity index (χ4n) is 2.36. The van der Waals surface area contributed by atoms with E-state index in [1.807, 2.05) is 0 Å². The zero-order chi connectivity index (χ0) is 15.5. The summed E-state index contributed by atoms with van der Waals surface area (Å²) in [6.07, 6.45) is 0. The highest BCUT2D eigenvalue weighted by molar-refractivity contribution is 6.31. The fourth-order valence-corrected chi connectivity index (χ4v) is 2.53. The largest absolute Gasteiger partial charge is 0.507 e. The molecular formula is C15H21ClN2O3. The SMILES string of the molecule is CC(C)(CNC(=O)c1cc(Cl)ccc1O)N1CCOCC1. The van der Waals surface area contributed by atoms with Gasteiger partial charge >= 0.3 is 0 Å². The normalized spacial score (nSPS) is 16.7. The predicted octanol–water partition coefficient (Wildman–Crippen LogP) is 1.89. The topological polar surface area (TPSA) is 61.8 Å². The number of ether oxygens (including phenoxy) is 1. The van der Waals surface area contributed by atoms with E-state index in [1.54, 1.807) is 6.07 Å². The quantitative estimate of drug-likeness (QED) is 0.891. The third kappa shape index (κ3) is 4.09. The number of rotatable bonds is 4. The zero-order valence-corrected chi connectivity index (χ0v) is 13.1. The van der Waals surface area contributed by atoms with E-state index in [0.717, 1.165) is 13.1 Å². The van der Waals surface area contributed by atoms with Crippen LogP contribution in [0.15, 0.2) is 18.2 Å². The third-order valence-electron chi connectivity index (χ3n) is 3.75. The van der Waals surface area contributed by atoms with Crippen LogP contribution in [-0.2, 0) is 4.74 Å². The van der Waals surface area contributed by atoms with Gasteiger partial charge in [0.2, 0.25) is 0 Å². The molecule has 1 saturated heterocycles. The summed E-state index contributed by atoms with van der Waals surface area (Å²) in [6, 6.07) is 4.43. The van der Waals surface area contributed by atoms with Crippen LogP contribution in [-0.4, -0.2) is 54.3 Å². The Morgan fingerprint density at radius 2 is 2.10 bits per heavy atom. The van der Waals surface area contributed by atoms with Crippen molar-refractivity contribution in [2.75, 3.05) is 32.8 Å². The highest BCUT2D eigenvalue weighted by Crippen LogP contribution is 2.22. The second-order valence-corrected chi connectivity index (χ2v) is 6.19.